The van der Waals surface area contributed by atoms with Crippen molar-refractivity contribution >= 4 is 0 Å². The first kappa shape index (κ1) is 11.8. The van der Waals surface area contributed by atoms with E-state index in [2.05, 4.69) is 0 Å². The molecule has 2 unspecified atom stereocenters. The van der Waals surface area contributed by atoms with Crippen molar-refractivity contribution in [2.45, 2.75) is 30.7 Å². The number of aliphatic hydroxyl groups excluding tert-OH is 3. The van der Waals surface area contributed by atoms with Crippen molar-refractivity contribution in [3.8, 4) is 0 Å². The van der Waals surface area contributed by atoms with Gasteiger partial charge < -0.3 is 29.5 Å². The summed E-state index contributed by atoms with van der Waals surface area (Å²) in [6.07, 6.45) is -4.68. The largest absolute Gasteiger partial charge is 0.394 e. The second kappa shape index (κ2) is 5.01. The smallest absolute Gasteiger partial charge is 0.186 e. The summed E-state index contributed by atoms with van der Waals surface area (Å²) in [6.45, 7) is -0.303. The fraction of sp³-hybridized carbons (Fsp3) is 1.00. The Morgan fingerprint density at radius 2 is 1.79 bits per heavy atom. The van der Waals surface area contributed by atoms with Gasteiger partial charge in [0.25, 0.3) is 0 Å². The topological polar surface area (TPSA) is 88.4 Å². The molecule has 1 saturated heterocycles. The molecule has 6 heteroatoms. The summed E-state index contributed by atoms with van der Waals surface area (Å²) in [5, 5.41) is 28.0. The summed E-state index contributed by atoms with van der Waals surface area (Å²) in [5.74, 6) is 0. The zero-order chi connectivity index (χ0) is 10.7. The van der Waals surface area contributed by atoms with Crippen LogP contribution in [0.4, 0.5) is 0 Å². The van der Waals surface area contributed by atoms with Gasteiger partial charge in [-0.1, -0.05) is 0 Å². The van der Waals surface area contributed by atoms with Crippen molar-refractivity contribution in [3.63, 3.8) is 0 Å². The Morgan fingerprint density at radius 3 is 2.21 bits per heavy atom. The van der Waals surface area contributed by atoms with Crippen LogP contribution in [-0.4, -0.2) is 66.9 Å². The Balaban J connectivity index is 2.71. The predicted octanol–water partition coefficient (Wildman–Crippen LogP) is -1.91. The number of hydrogen-bond acceptors (Lipinski definition) is 6. The first-order valence-electron chi connectivity index (χ1n) is 4.33. The standard InChI is InChI=1S/C8H16O6/c1-12-7-4(3-9)14-8(13-2)6(11)5(7)10/h4-11H,3H2,1-2H3/t4?,5-,6?,7+,8+/m0/s1. The van der Waals surface area contributed by atoms with E-state index in [9.17, 15) is 10.2 Å². The molecule has 0 spiro atoms. The van der Waals surface area contributed by atoms with E-state index in [1.807, 2.05) is 0 Å². The first-order chi connectivity index (χ1) is 6.65. The molecule has 0 aliphatic carbocycles. The molecule has 0 aromatic heterocycles. The summed E-state index contributed by atoms with van der Waals surface area (Å²) in [4.78, 5) is 0. The predicted molar refractivity (Wildman–Crippen MR) is 45.6 cm³/mol. The van der Waals surface area contributed by atoms with Crippen LogP contribution in [0.5, 0.6) is 0 Å². The van der Waals surface area contributed by atoms with Crippen LogP contribution in [0.2, 0.25) is 0 Å². The van der Waals surface area contributed by atoms with Gasteiger partial charge in [-0.3, -0.25) is 0 Å². The summed E-state index contributed by atoms with van der Waals surface area (Å²) in [5.41, 5.74) is 0. The van der Waals surface area contributed by atoms with Crippen LogP contribution in [0.1, 0.15) is 0 Å². The molecule has 0 bridgehead atoms. The lowest BCUT2D eigenvalue weighted by Crippen LogP contribution is -2.59. The number of ether oxygens (including phenoxy) is 3. The third kappa shape index (κ3) is 2.05. The zero-order valence-corrected chi connectivity index (χ0v) is 8.16. The Bertz CT molecular complexity index is 173. The molecule has 84 valence electrons. The summed E-state index contributed by atoms with van der Waals surface area (Å²) in [6, 6.07) is 0. The molecule has 1 fully saturated rings. The third-order valence-electron chi connectivity index (χ3n) is 2.33. The lowest BCUT2D eigenvalue weighted by Gasteiger charge is -2.40. The van der Waals surface area contributed by atoms with Crippen molar-refractivity contribution in [2.24, 2.45) is 0 Å². The molecule has 3 N–H and O–H groups in total. The van der Waals surface area contributed by atoms with Gasteiger partial charge in [-0.15, -0.1) is 0 Å². The maximum absolute atomic E-state index is 9.59. The average molecular weight is 208 g/mol. The lowest BCUT2D eigenvalue weighted by molar-refractivity contribution is -0.298. The van der Waals surface area contributed by atoms with Gasteiger partial charge in [0.2, 0.25) is 0 Å². The highest BCUT2D eigenvalue weighted by atomic mass is 16.7. The molecule has 1 aliphatic heterocycles. The van der Waals surface area contributed by atoms with E-state index in [1.165, 1.54) is 14.2 Å². The average Bonchev–Trinajstić information content (AvgIpc) is 2.21. The monoisotopic (exact) mass is 208 g/mol. The van der Waals surface area contributed by atoms with Crippen molar-refractivity contribution in [3.05, 3.63) is 0 Å². The van der Waals surface area contributed by atoms with Crippen molar-refractivity contribution in [1.29, 1.82) is 0 Å². The van der Waals surface area contributed by atoms with Crippen LogP contribution < -0.4 is 0 Å². The van der Waals surface area contributed by atoms with Crippen molar-refractivity contribution in [1.82, 2.24) is 0 Å². The van der Waals surface area contributed by atoms with Gasteiger partial charge >= 0.3 is 0 Å². The van der Waals surface area contributed by atoms with E-state index in [1.54, 1.807) is 0 Å². The van der Waals surface area contributed by atoms with Crippen molar-refractivity contribution in [2.75, 3.05) is 20.8 Å². The Kier molecular flexibility index (Phi) is 4.24. The van der Waals surface area contributed by atoms with Gasteiger partial charge in [-0.25, -0.2) is 0 Å². The summed E-state index contributed by atoms with van der Waals surface area (Å²) < 4.78 is 14.9. The van der Waals surface area contributed by atoms with Gasteiger partial charge in [-0.05, 0) is 0 Å². The summed E-state index contributed by atoms with van der Waals surface area (Å²) in [7, 11) is 2.72. The SMILES string of the molecule is CO[C@@H]1OC(CO)[C@@H](OC)[C@@H](O)C1O. The molecule has 1 heterocycles. The minimum atomic E-state index is -1.17. The van der Waals surface area contributed by atoms with Crippen LogP contribution in [0.15, 0.2) is 0 Å². The van der Waals surface area contributed by atoms with Gasteiger partial charge in [0.05, 0.1) is 6.61 Å². The minimum Gasteiger partial charge on any atom is -0.394 e. The van der Waals surface area contributed by atoms with Gasteiger partial charge in [-0.2, -0.15) is 0 Å². The Labute approximate surface area is 82.0 Å². The molecule has 0 aromatic carbocycles. The molecule has 6 nitrogen and oxygen atoms in total. The highest BCUT2D eigenvalue weighted by Crippen LogP contribution is 2.23. The second-order valence-electron chi connectivity index (χ2n) is 3.14. The van der Waals surface area contributed by atoms with E-state index in [0.717, 1.165) is 0 Å². The number of aliphatic hydroxyl groups is 3. The van der Waals surface area contributed by atoms with E-state index in [-0.39, 0.29) is 6.61 Å². The number of rotatable bonds is 3. The van der Waals surface area contributed by atoms with Crippen LogP contribution >= 0.6 is 0 Å². The van der Waals surface area contributed by atoms with Gasteiger partial charge in [0, 0.05) is 14.2 Å². The lowest BCUT2D eigenvalue weighted by atomic mass is 9.99. The molecular formula is C8H16O6. The Hall–Kier alpha value is -0.240. The summed E-state index contributed by atoms with van der Waals surface area (Å²) >= 11 is 0. The Morgan fingerprint density at radius 1 is 1.14 bits per heavy atom. The zero-order valence-electron chi connectivity index (χ0n) is 8.16. The molecular weight excluding hydrogens is 192 g/mol. The maximum atomic E-state index is 9.59. The fourth-order valence-corrected chi connectivity index (χ4v) is 1.54. The van der Waals surface area contributed by atoms with E-state index in [0.29, 0.717) is 0 Å². The second-order valence-corrected chi connectivity index (χ2v) is 3.14. The van der Waals surface area contributed by atoms with Gasteiger partial charge in [0.15, 0.2) is 6.29 Å². The van der Waals surface area contributed by atoms with E-state index < -0.39 is 30.7 Å². The van der Waals surface area contributed by atoms with Crippen LogP contribution in [0.3, 0.4) is 0 Å². The molecule has 0 saturated carbocycles. The third-order valence-corrected chi connectivity index (χ3v) is 2.33. The van der Waals surface area contributed by atoms with E-state index >= 15 is 0 Å². The number of hydrogen-bond donors (Lipinski definition) is 3. The normalized spacial score (nSPS) is 43.9. The van der Waals surface area contributed by atoms with Crippen LogP contribution in [-0.2, 0) is 14.2 Å². The van der Waals surface area contributed by atoms with Crippen LogP contribution in [0.25, 0.3) is 0 Å². The van der Waals surface area contributed by atoms with Crippen LogP contribution in [0, 0.1) is 0 Å². The quantitative estimate of drug-likeness (QED) is 0.501. The fourth-order valence-electron chi connectivity index (χ4n) is 1.54. The first-order valence-corrected chi connectivity index (χ1v) is 4.33. The molecule has 5 atom stereocenters. The molecule has 14 heavy (non-hydrogen) atoms. The molecule has 0 aromatic rings. The minimum absolute atomic E-state index is 0.303. The maximum Gasteiger partial charge on any atom is 0.186 e. The van der Waals surface area contributed by atoms with E-state index in [4.69, 9.17) is 19.3 Å². The highest BCUT2D eigenvalue weighted by molar-refractivity contribution is 4.89. The molecule has 1 aliphatic rings. The highest BCUT2D eigenvalue weighted by Gasteiger charge is 2.44. The molecule has 0 radical (unpaired) electrons. The molecule has 1 rings (SSSR count). The van der Waals surface area contributed by atoms with Gasteiger partial charge in [0.1, 0.15) is 24.4 Å². The van der Waals surface area contributed by atoms with Crippen molar-refractivity contribution < 1.29 is 29.5 Å². The molecule has 0 amide bonds. The number of methoxy groups -OCH3 is 2.